The van der Waals surface area contributed by atoms with E-state index in [2.05, 4.69) is 25.9 Å². The van der Waals surface area contributed by atoms with Crippen LogP contribution in [-0.4, -0.2) is 54.6 Å². The van der Waals surface area contributed by atoms with E-state index in [9.17, 15) is 4.79 Å². The molecule has 5 nitrogen and oxygen atoms in total. The molecular formula is C13H22N4OS. The van der Waals surface area contributed by atoms with Gasteiger partial charge in [0.05, 0.1) is 16.7 Å². The zero-order valence-corrected chi connectivity index (χ0v) is 12.4. The summed E-state index contributed by atoms with van der Waals surface area (Å²) in [5.74, 6) is 0.119. The molecule has 0 radical (unpaired) electrons. The summed E-state index contributed by atoms with van der Waals surface area (Å²) in [5, 5.41) is 9.43. The van der Waals surface area contributed by atoms with Crippen molar-refractivity contribution in [2.75, 3.05) is 32.7 Å². The molecule has 106 valence electrons. The maximum absolute atomic E-state index is 12.0. The first-order valence-electron chi connectivity index (χ1n) is 6.80. The zero-order valence-electron chi connectivity index (χ0n) is 11.6. The molecule has 1 amide bonds. The third kappa shape index (κ3) is 4.26. The largest absolute Gasteiger partial charge is 0.354 e. The van der Waals surface area contributed by atoms with Crippen LogP contribution in [0.25, 0.3) is 0 Å². The van der Waals surface area contributed by atoms with Crippen LogP contribution in [0.1, 0.15) is 17.6 Å². The molecule has 0 bridgehead atoms. The molecular weight excluding hydrogens is 260 g/mol. The average Bonchev–Trinajstić information content (AvgIpc) is 2.84. The number of nitrogens with one attached hydrogen (secondary N) is 2. The Morgan fingerprint density at radius 2 is 2.32 bits per heavy atom. The van der Waals surface area contributed by atoms with Crippen molar-refractivity contribution in [3.05, 3.63) is 16.1 Å². The van der Waals surface area contributed by atoms with Crippen LogP contribution in [-0.2, 0) is 11.2 Å². The van der Waals surface area contributed by atoms with E-state index in [1.807, 2.05) is 13.8 Å². The Kier molecular flexibility index (Phi) is 5.30. The van der Waals surface area contributed by atoms with Crippen LogP contribution in [0.5, 0.6) is 0 Å². The molecule has 0 saturated carbocycles. The Hall–Kier alpha value is -0.980. The molecule has 0 aliphatic carbocycles. The normalized spacial score (nSPS) is 18.2. The van der Waals surface area contributed by atoms with Crippen molar-refractivity contribution >= 4 is 17.2 Å². The number of amides is 1. The smallest absolute Gasteiger partial charge is 0.237 e. The molecule has 1 fully saturated rings. The van der Waals surface area contributed by atoms with Gasteiger partial charge < -0.3 is 10.6 Å². The predicted octanol–water partition coefficient (Wildman–Crippen LogP) is 0.404. The molecule has 1 saturated heterocycles. The van der Waals surface area contributed by atoms with Crippen LogP contribution in [0, 0.1) is 6.92 Å². The topological polar surface area (TPSA) is 57.3 Å². The van der Waals surface area contributed by atoms with Gasteiger partial charge in [-0.25, -0.2) is 4.98 Å². The van der Waals surface area contributed by atoms with Crippen LogP contribution >= 0.6 is 11.3 Å². The van der Waals surface area contributed by atoms with Crippen molar-refractivity contribution in [1.82, 2.24) is 20.5 Å². The molecule has 6 heteroatoms. The van der Waals surface area contributed by atoms with Gasteiger partial charge in [-0.3, -0.25) is 9.69 Å². The van der Waals surface area contributed by atoms with E-state index < -0.39 is 0 Å². The van der Waals surface area contributed by atoms with Crippen molar-refractivity contribution in [1.29, 1.82) is 0 Å². The Morgan fingerprint density at radius 1 is 1.58 bits per heavy atom. The van der Waals surface area contributed by atoms with Gasteiger partial charge in [-0.1, -0.05) is 0 Å². The summed E-state index contributed by atoms with van der Waals surface area (Å²) in [5.41, 5.74) is 1.07. The second-order valence-electron chi connectivity index (χ2n) is 4.86. The van der Waals surface area contributed by atoms with E-state index in [1.54, 1.807) is 11.3 Å². The number of aromatic nitrogens is 1. The highest BCUT2D eigenvalue weighted by molar-refractivity contribution is 7.09. The van der Waals surface area contributed by atoms with Gasteiger partial charge in [-0.2, -0.15) is 0 Å². The number of carbonyl (C=O) groups excluding carboxylic acids is 1. The van der Waals surface area contributed by atoms with E-state index >= 15 is 0 Å². The molecule has 2 heterocycles. The van der Waals surface area contributed by atoms with E-state index in [4.69, 9.17) is 0 Å². The summed E-state index contributed by atoms with van der Waals surface area (Å²) in [6.45, 7) is 8.47. The Labute approximate surface area is 118 Å². The summed E-state index contributed by atoms with van der Waals surface area (Å²) in [6.07, 6.45) is 0.810. The first kappa shape index (κ1) is 14.4. The van der Waals surface area contributed by atoms with Crippen LogP contribution in [0.3, 0.4) is 0 Å². The van der Waals surface area contributed by atoms with Crippen LogP contribution < -0.4 is 10.6 Å². The number of thiazole rings is 1. The lowest BCUT2D eigenvalue weighted by atomic mass is 10.2. The minimum absolute atomic E-state index is 0.0423. The summed E-state index contributed by atoms with van der Waals surface area (Å²) in [6, 6.07) is -0.0423. The number of rotatable bonds is 5. The van der Waals surface area contributed by atoms with Gasteiger partial charge in [-0.15, -0.1) is 11.3 Å². The molecule has 0 aromatic carbocycles. The van der Waals surface area contributed by atoms with Gasteiger partial charge >= 0.3 is 0 Å². The van der Waals surface area contributed by atoms with Gasteiger partial charge in [0, 0.05) is 44.5 Å². The fourth-order valence-corrected chi connectivity index (χ4v) is 2.87. The standard InChI is InChI=1S/C13H22N4OS/c1-10(17-7-5-14-6-8-17)13(18)15-4-3-12-9-19-11(2)16-12/h9-10,14H,3-8H2,1-2H3,(H,15,18). The van der Waals surface area contributed by atoms with Crippen molar-refractivity contribution in [3.8, 4) is 0 Å². The third-order valence-electron chi connectivity index (χ3n) is 3.43. The maximum Gasteiger partial charge on any atom is 0.237 e. The summed E-state index contributed by atoms with van der Waals surface area (Å²) in [4.78, 5) is 18.7. The zero-order chi connectivity index (χ0) is 13.7. The number of hydrogen-bond donors (Lipinski definition) is 2. The average molecular weight is 282 g/mol. The maximum atomic E-state index is 12.0. The van der Waals surface area contributed by atoms with Crippen LogP contribution in [0.2, 0.25) is 0 Å². The Balaban J connectivity index is 1.71. The Morgan fingerprint density at radius 3 is 2.95 bits per heavy atom. The Bertz CT molecular complexity index is 415. The number of aryl methyl sites for hydroxylation is 1. The first-order valence-corrected chi connectivity index (χ1v) is 7.68. The molecule has 1 aliphatic heterocycles. The molecule has 1 aliphatic rings. The van der Waals surface area contributed by atoms with Crippen LogP contribution in [0.4, 0.5) is 0 Å². The lowest BCUT2D eigenvalue weighted by Gasteiger charge is -2.31. The number of nitrogens with zero attached hydrogens (tertiary/aromatic N) is 2. The molecule has 19 heavy (non-hydrogen) atoms. The predicted molar refractivity (Wildman–Crippen MR) is 77.5 cm³/mol. The second-order valence-corrected chi connectivity index (χ2v) is 5.92. The highest BCUT2D eigenvalue weighted by Crippen LogP contribution is 2.08. The monoisotopic (exact) mass is 282 g/mol. The number of hydrogen-bond acceptors (Lipinski definition) is 5. The van der Waals surface area contributed by atoms with Gasteiger partial charge in [0.15, 0.2) is 0 Å². The van der Waals surface area contributed by atoms with Crippen molar-refractivity contribution in [2.24, 2.45) is 0 Å². The first-order chi connectivity index (χ1) is 9.16. The van der Waals surface area contributed by atoms with E-state index in [0.717, 1.165) is 43.3 Å². The summed E-state index contributed by atoms with van der Waals surface area (Å²) in [7, 11) is 0. The van der Waals surface area contributed by atoms with Gasteiger partial charge in [0.25, 0.3) is 0 Å². The molecule has 1 aromatic heterocycles. The molecule has 1 atom stereocenters. The SMILES string of the molecule is Cc1nc(CCNC(=O)C(C)N2CCNCC2)cs1. The fourth-order valence-electron chi connectivity index (χ4n) is 2.22. The number of piperazine rings is 1. The van der Waals surface area contributed by atoms with E-state index in [1.165, 1.54) is 0 Å². The highest BCUT2D eigenvalue weighted by Gasteiger charge is 2.22. The molecule has 0 spiro atoms. The van der Waals surface area contributed by atoms with Crippen molar-refractivity contribution < 1.29 is 4.79 Å². The minimum Gasteiger partial charge on any atom is -0.354 e. The number of carbonyl (C=O) groups is 1. The van der Waals surface area contributed by atoms with Gasteiger partial charge in [0.2, 0.25) is 5.91 Å². The lowest BCUT2D eigenvalue weighted by molar-refractivity contribution is -0.126. The van der Waals surface area contributed by atoms with Crippen molar-refractivity contribution in [2.45, 2.75) is 26.3 Å². The van der Waals surface area contributed by atoms with Gasteiger partial charge in [-0.05, 0) is 13.8 Å². The summed E-state index contributed by atoms with van der Waals surface area (Å²) < 4.78 is 0. The van der Waals surface area contributed by atoms with Crippen LogP contribution in [0.15, 0.2) is 5.38 Å². The highest BCUT2D eigenvalue weighted by atomic mass is 32.1. The second kappa shape index (κ2) is 6.98. The third-order valence-corrected chi connectivity index (χ3v) is 4.25. The molecule has 2 N–H and O–H groups in total. The van der Waals surface area contributed by atoms with Gasteiger partial charge in [0.1, 0.15) is 0 Å². The summed E-state index contributed by atoms with van der Waals surface area (Å²) >= 11 is 1.65. The van der Waals surface area contributed by atoms with E-state index in [-0.39, 0.29) is 11.9 Å². The molecule has 2 rings (SSSR count). The quantitative estimate of drug-likeness (QED) is 0.821. The minimum atomic E-state index is -0.0423. The van der Waals surface area contributed by atoms with Crippen molar-refractivity contribution in [3.63, 3.8) is 0 Å². The molecule has 1 aromatic rings. The van der Waals surface area contributed by atoms with E-state index in [0.29, 0.717) is 6.54 Å². The fraction of sp³-hybridized carbons (Fsp3) is 0.692. The molecule has 1 unspecified atom stereocenters. The lowest BCUT2D eigenvalue weighted by Crippen LogP contribution is -2.52.